The number of allylic oxidation sites excluding steroid dienone is 1. The van der Waals surface area contributed by atoms with E-state index in [4.69, 9.17) is 5.11 Å². The van der Waals surface area contributed by atoms with Crippen LogP contribution in [0.5, 0.6) is 0 Å². The fourth-order valence-electron chi connectivity index (χ4n) is 14.0. The third-order valence-electron chi connectivity index (χ3n) is 17.2. The molecule has 9 heteroatoms. The highest BCUT2D eigenvalue weighted by atomic mass is 19.3. The van der Waals surface area contributed by atoms with Crippen LogP contribution in [-0.4, -0.2) is 40.6 Å². The Kier molecular flexibility index (Phi) is 10.2. The van der Waals surface area contributed by atoms with E-state index >= 15 is 0 Å². The van der Waals surface area contributed by atoms with Crippen LogP contribution in [0, 0.1) is 56.7 Å². The number of carbonyl (C=O) groups is 3. The molecule has 4 N–H and O–H groups in total. The van der Waals surface area contributed by atoms with E-state index < -0.39 is 35.3 Å². The van der Waals surface area contributed by atoms with Crippen LogP contribution in [0.4, 0.5) is 8.78 Å². The third-order valence-corrected chi connectivity index (χ3v) is 17.2. The van der Waals surface area contributed by atoms with Crippen molar-refractivity contribution in [1.82, 2.24) is 10.6 Å². The Labute approximate surface area is 331 Å². The maximum atomic E-state index is 14.9. The summed E-state index contributed by atoms with van der Waals surface area (Å²) in [7, 11) is 0. The minimum atomic E-state index is -3.41. The standard InChI is InChI=1S/C47H62F2N2O5/c1-28(2)33-17-22-46(24-23-44(6)34(38(33)46)15-16-36-43(5)20-19-37(52)42(3,4)35(43)18-21-45(36,44)7)41(56)50-26-29-9-8-10-31(25-29)39(53)51-27-47(48,49)32-13-11-30(12-14-32)40(54)55/h8-14,25,33-38,52H,1,15-24,26-27H2,2-7H3,(H,50,56)(H,51,53)(H,54,55)/t33-,34?,35?,36?,37-,38?,43-,44+,45+,46-/m0/s1. The lowest BCUT2D eigenvalue weighted by molar-refractivity contribution is -0.246. The summed E-state index contributed by atoms with van der Waals surface area (Å²) in [4.78, 5) is 38.9. The fourth-order valence-corrected chi connectivity index (χ4v) is 14.0. The Morgan fingerprint density at radius 3 is 2.21 bits per heavy atom. The molecule has 0 saturated heterocycles. The summed E-state index contributed by atoms with van der Waals surface area (Å²) in [6.45, 7) is 18.2. The zero-order valence-corrected chi connectivity index (χ0v) is 34.2. The van der Waals surface area contributed by atoms with Crippen LogP contribution in [0.3, 0.4) is 0 Å². The van der Waals surface area contributed by atoms with E-state index in [2.05, 4.69) is 58.8 Å². The number of aromatic carboxylic acids is 1. The van der Waals surface area contributed by atoms with E-state index in [1.54, 1.807) is 18.2 Å². The van der Waals surface area contributed by atoms with Gasteiger partial charge in [-0.25, -0.2) is 4.79 Å². The van der Waals surface area contributed by atoms with Crippen LogP contribution in [0.2, 0.25) is 0 Å². The zero-order valence-electron chi connectivity index (χ0n) is 34.2. The number of fused-ring (bicyclic) bond motifs is 7. The van der Waals surface area contributed by atoms with Gasteiger partial charge in [0.15, 0.2) is 0 Å². The van der Waals surface area contributed by atoms with Crippen LogP contribution < -0.4 is 10.6 Å². The summed E-state index contributed by atoms with van der Waals surface area (Å²) >= 11 is 0. The first kappa shape index (κ1) is 40.6. The van der Waals surface area contributed by atoms with Gasteiger partial charge in [-0.3, -0.25) is 9.59 Å². The number of halogens is 2. The molecular weight excluding hydrogens is 711 g/mol. The second-order valence-electron chi connectivity index (χ2n) is 19.9. The molecule has 2 aromatic rings. The predicted octanol–water partition coefficient (Wildman–Crippen LogP) is 9.54. The number of hydrogen-bond acceptors (Lipinski definition) is 4. The Bertz CT molecular complexity index is 1890. The molecule has 10 atom stereocenters. The molecule has 2 aromatic carbocycles. The predicted molar refractivity (Wildman–Crippen MR) is 213 cm³/mol. The van der Waals surface area contributed by atoms with E-state index in [-0.39, 0.29) is 63.2 Å². The van der Waals surface area contributed by atoms with Gasteiger partial charge in [-0.2, -0.15) is 8.78 Å². The zero-order chi connectivity index (χ0) is 40.6. The number of carboxylic acids is 1. The van der Waals surface area contributed by atoms with Gasteiger partial charge >= 0.3 is 5.97 Å². The Hall–Kier alpha value is -3.59. The van der Waals surface area contributed by atoms with Crippen LogP contribution in [-0.2, 0) is 17.3 Å². The van der Waals surface area contributed by atoms with Crippen molar-refractivity contribution in [1.29, 1.82) is 0 Å². The van der Waals surface area contributed by atoms with Crippen molar-refractivity contribution in [2.75, 3.05) is 6.54 Å². The van der Waals surface area contributed by atoms with Crippen LogP contribution >= 0.6 is 0 Å². The number of carbonyl (C=O) groups excluding carboxylic acids is 2. The molecule has 7 rings (SSSR count). The number of hydrogen-bond donors (Lipinski definition) is 4. The van der Waals surface area contributed by atoms with Gasteiger partial charge in [-0.05, 0) is 152 Å². The Balaban J connectivity index is 1.06. The Morgan fingerprint density at radius 1 is 0.821 bits per heavy atom. The highest BCUT2D eigenvalue weighted by molar-refractivity contribution is 5.94. The molecule has 5 saturated carbocycles. The molecule has 0 bridgehead atoms. The summed E-state index contributed by atoms with van der Waals surface area (Å²) in [5, 5.41) is 25.8. The number of alkyl halides is 2. The van der Waals surface area contributed by atoms with Gasteiger partial charge in [0, 0.05) is 17.7 Å². The molecular formula is C47H62F2N2O5. The molecule has 5 aliphatic rings. The van der Waals surface area contributed by atoms with E-state index in [0.717, 1.165) is 88.5 Å². The number of benzene rings is 2. The van der Waals surface area contributed by atoms with Crippen molar-refractivity contribution in [3.05, 3.63) is 82.9 Å². The fraction of sp³-hybridized carbons (Fsp3) is 0.638. The molecule has 7 nitrogen and oxygen atoms in total. The van der Waals surface area contributed by atoms with Crippen molar-refractivity contribution in [3.8, 4) is 0 Å². The quantitative estimate of drug-likeness (QED) is 0.190. The average molecular weight is 773 g/mol. The highest BCUT2D eigenvalue weighted by Gasteiger charge is 2.71. The van der Waals surface area contributed by atoms with Gasteiger partial charge in [-0.1, -0.05) is 71.0 Å². The van der Waals surface area contributed by atoms with Crippen molar-refractivity contribution in [2.45, 2.75) is 124 Å². The van der Waals surface area contributed by atoms with Crippen molar-refractivity contribution >= 4 is 17.8 Å². The highest BCUT2D eigenvalue weighted by Crippen LogP contribution is 2.77. The van der Waals surface area contributed by atoms with Crippen LogP contribution in [0.1, 0.15) is 138 Å². The largest absolute Gasteiger partial charge is 0.478 e. The second-order valence-corrected chi connectivity index (χ2v) is 19.9. The number of aliphatic hydroxyl groups is 1. The number of carboxylic acid groups (broad SMARTS) is 1. The van der Waals surface area contributed by atoms with E-state index in [0.29, 0.717) is 23.3 Å². The van der Waals surface area contributed by atoms with Crippen LogP contribution in [0.25, 0.3) is 0 Å². The first-order valence-corrected chi connectivity index (χ1v) is 20.9. The molecule has 5 fully saturated rings. The van der Waals surface area contributed by atoms with Gasteiger partial charge in [0.25, 0.3) is 11.8 Å². The van der Waals surface area contributed by atoms with Gasteiger partial charge in [-0.15, -0.1) is 0 Å². The van der Waals surface area contributed by atoms with E-state index in [1.807, 2.05) is 6.07 Å². The summed E-state index contributed by atoms with van der Waals surface area (Å²) in [6, 6.07) is 11.1. The summed E-state index contributed by atoms with van der Waals surface area (Å²) < 4.78 is 29.9. The maximum Gasteiger partial charge on any atom is 0.335 e. The lowest BCUT2D eigenvalue weighted by atomic mass is 9.32. The summed E-state index contributed by atoms with van der Waals surface area (Å²) in [5.41, 5.74) is 1.41. The first-order valence-electron chi connectivity index (χ1n) is 20.9. The second kappa shape index (κ2) is 14.1. The van der Waals surface area contributed by atoms with Gasteiger partial charge in [0.05, 0.1) is 23.6 Å². The maximum absolute atomic E-state index is 14.9. The molecule has 0 aromatic heterocycles. The van der Waals surface area contributed by atoms with Gasteiger partial charge in [0.1, 0.15) is 0 Å². The molecule has 0 spiro atoms. The monoisotopic (exact) mass is 772 g/mol. The number of amides is 2. The molecule has 0 radical (unpaired) electrons. The molecule has 0 heterocycles. The molecule has 56 heavy (non-hydrogen) atoms. The molecule has 304 valence electrons. The van der Waals surface area contributed by atoms with Crippen molar-refractivity contribution in [2.24, 2.45) is 56.7 Å². The normalized spacial score (nSPS) is 37.2. The smallest absolute Gasteiger partial charge is 0.335 e. The minimum absolute atomic E-state index is 0.0719. The number of rotatable bonds is 9. The van der Waals surface area contributed by atoms with Crippen molar-refractivity contribution < 1.29 is 33.4 Å². The van der Waals surface area contributed by atoms with Crippen molar-refractivity contribution in [3.63, 3.8) is 0 Å². The molecule has 2 amide bonds. The lowest BCUT2D eigenvalue weighted by Crippen LogP contribution is -2.67. The first-order chi connectivity index (χ1) is 26.2. The van der Waals surface area contributed by atoms with Gasteiger partial charge in [0.2, 0.25) is 5.91 Å². The molecule has 5 aliphatic carbocycles. The minimum Gasteiger partial charge on any atom is -0.478 e. The number of nitrogens with one attached hydrogen (secondary N) is 2. The van der Waals surface area contributed by atoms with E-state index in [1.165, 1.54) is 5.57 Å². The average Bonchev–Trinajstić information content (AvgIpc) is 3.56. The SMILES string of the molecule is C=C(C)[C@@H]1CC[C@]2(C(=O)NCc3cccc(C(=O)NCC(F)(F)c4ccc(C(=O)O)cc4)c3)CC[C@]3(C)C(CCC4[C@@]5(C)CC[C@H](O)C(C)(C)C5CC[C@]43C)C12. The van der Waals surface area contributed by atoms with Gasteiger partial charge < -0.3 is 20.8 Å². The van der Waals surface area contributed by atoms with Crippen LogP contribution in [0.15, 0.2) is 60.7 Å². The topological polar surface area (TPSA) is 116 Å². The van der Waals surface area contributed by atoms with E-state index in [9.17, 15) is 28.3 Å². The lowest BCUT2D eigenvalue weighted by Gasteiger charge is -2.72. The Morgan fingerprint density at radius 2 is 1.54 bits per heavy atom. The molecule has 0 aliphatic heterocycles. The summed E-state index contributed by atoms with van der Waals surface area (Å²) in [5.74, 6) is -3.25. The summed E-state index contributed by atoms with van der Waals surface area (Å²) in [6.07, 6.45) is 9.88. The molecule has 4 unspecified atom stereocenters. The number of aliphatic hydroxyl groups excluding tert-OH is 1. The third kappa shape index (κ3) is 6.24.